The predicted octanol–water partition coefficient (Wildman–Crippen LogP) is 2.82. The lowest BCUT2D eigenvalue weighted by Crippen LogP contribution is -2.63. The Hall–Kier alpha value is -4.56. The largest absolute Gasteiger partial charge is 0.508 e. The second-order valence-electron chi connectivity index (χ2n) is 13.7. The number of phenolic OH excluding ortho intramolecular Hbond substituents is 1. The summed E-state index contributed by atoms with van der Waals surface area (Å²) in [6, 6.07) is 17.3. The molecule has 0 radical (unpaired) electrons. The van der Waals surface area contributed by atoms with Gasteiger partial charge >= 0.3 is 11.9 Å². The van der Waals surface area contributed by atoms with E-state index in [1.807, 2.05) is 38.1 Å². The van der Waals surface area contributed by atoms with Crippen molar-refractivity contribution in [2.45, 2.75) is 76.0 Å². The lowest BCUT2D eigenvalue weighted by molar-refractivity contribution is -0.318. The molecule has 318 valence electrons. The fraction of sp³-hybridized carbons (Fsp3) is 0.415. The number of nitrogens with zero attached hydrogens (tertiary/aromatic N) is 2. The standard InChI is InChI=1S/C41H49ClN4O12S/c1-3-16-45-41-46(30-7-5-4-6-23(30)2)38(52)33(59-41)19-25-10-13-31(28(42)17-25)54-22-27(20-47)55-40-35(51)37(57-34(50)14-15-43)36(32(21-48)56-40)58-39(53)29(44)18-24-8-11-26(49)12-9-24/h4-13,17,19,27,29,32,35-37,40,47-49,51H,3,14-16,18,20-22,43-44H2,1-2H3/b33-19-,45-41-/t27-,29+,32-,35-,36-,37-,40?/m1/s1. The lowest BCUT2D eigenvalue weighted by Gasteiger charge is -2.43. The van der Waals surface area contributed by atoms with Crippen LogP contribution in [0.25, 0.3) is 6.08 Å². The summed E-state index contributed by atoms with van der Waals surface area (Å²) in [4.78, 5) is 46.1. The first-order chi connectivity index (χ1) is 28.4. The highest BCUT2D eigenvalue weighted by Crippen LogP contribution is 2.38. The summed E-state index contributed by atoms with van der Waals surface area (Å²) in [6.07, 6.45) is -6.73. The van der Waals surface area contributed by atoms with Gasteiger partial charge in [-0.15, -0.1) is 0 Å². The second-order valence-corrected chi connectivity index (χ2v) is 15.1. The molecule has 0 aromatic heterocycles. The van der Waals surface area contributed by atoms with Gasteiger partial charge < -0.3 is 55.6 Å². The van der Waals surface area contributed by atoms with Gasteiger partial charge in [0, 0.05) is 13.1 Å². The number of nitrogens with two attached hydrogens (primary N) is 2. The average Bonchev–Trinajstić information content (AvgIpc) is 3.52. The van der Waals surface area contributed by atoms with Crippen LogP contribution in [0.2, 0.25) is 5.02 Å². The number of thioether (sulfide) groups is 1. The molecular formula is C41H49ClN4O12S. The number of ether oxygens (including phenoxy) is 5. The molecule has 8 N–H and O–H groups in total. The molecule has 1 unspecified atom stereocenters. The Morgan fingerprint density at radius 3 is 2.49 bits per heavy atom. The Balaban J connectivity index is 1.25. The first-order valence-electron chi connectivity index (χ1n) is 19.0. The zero-order chi connectivity index (χ0) is 42.6. The number of aliphatic imine (C=N–C) groups is 1. The van der Waals surface area contributed by atoms with Crippen LogP contribution in [-0.4, -0.2) is 119 Å². The summed E-state index contributed by atoms with van der Waals surface area (Å²) in [5.74, 6) is -1.75. The van der Waals surface area contributed by atoms with Crippen LogP contribution in [0.1, 0.15) is 36.5 Å². The van der Waals surface area contributed by atoms with E-state index in [1.165, 1.54) is 23.9 Å². The van der Waals surface area contributed by atoms with Crippen molar-refractivity contribution in [3.63, 3.8) is 0 Å². The van der Waals surface area contributed by atoms with E-state index in [-0.39, 0.29) is 48.4 Å². The van der Waals surface area contributed by atoms with Crippen LogP contribution in [0.15, 0.2) is 76.6 Å². The molecule has 0 saturated carbocycles. The highest BCUT2D eigenvalue weighted by molar-refractivity contribution is 8.19. The van der Waals surface area contributed by atoms with Crippen LogP contribution in [0.5, 0.6) is 11.5 Å². The number of hydrogen-bond donors (Lipinski definition) is 6. The van der Waals surface area contributed by atoms with Gasteiger partial charge in [0.05, 0.1) is 35.2 Å². The number of halogens is 1. The maximum Gasteiger partial charge on any atom is 0.323 e. The summed E-state index contributed by atoms with van der Waals surface area (Å²) in [5.41, 5.74) is 14.5. The highest BCUT2D eigenvalue weighted by Gasteiger charge is 2.51. The third-order valence-electron chi connectivity index (χ3n) is 9.20. The fourth-order valence-corrected chi connectivity index (χ4v) is 7.39. The molecule has 3 aromatic carbocycles. The molecule has 16 nitrogen and oxygen atoms in total. The Morgan fingerprint density at radius 2 is 1.83 bits per heavy atom. The molecule has 2 saturated heterocycles. The zero-order valence-corrected chi connectivity index (χ0v) is 34.1. The Morgan fingerprint density at radius 1 is 1.08 bits per heavy atom. The Bertz CT molecular complexity index is 1990. The van der Waals surface area contributed by atoms with E-state index in [2.05, 4.69) is 4.99 Å². The Labute approximate surface area is 350 Å². The van der Waals surface area contributed by atoms with Crippen molar-refractivity contribution in [3.8, 4) is 11.5 Å². The van der Waals surface area contributed by atoms with Gasteiger partial charge in [0.2, 0.25) is 0 Å². The van der Waals surface area contributed by atoms with Gasteiger partial charge in [0.25, 0.3) is 5.91 Å². The van der Waals surface area contributed by atoms with E-state index in [1.54, 1.807) is 41.3 Å². The topological polar surface area (TPSA) is 246 Å². The number of anilines is 1. The number of aliphatic hydroxyl groups is 3. The summed E-state index contributed by atoms with van der Waals surface area (Å²) in [5, 5.41) is 42.2. The molecule has 0 aliphatic carbocycles. The van der Waals surface area contributed by atoms with Crippen LogP contribution in [0.3, 0.4) is 0 Å². The van der Waals surface area contributed by atoms with E-state index in [0.717, 1.165) is 17.7 Å². The SMILES string of the molecule is CCC/N=C1\S/C(=C\c2ccc(OC[C@@H](CO)OC3O[C@H](CO)[C@@H](OC(=O)[C@@H](N)Cc4ccc(O)cc4)[C@H](OC(=O)CCN)[C@H]3O)c(Cl)c2)C(=O)N1c1ccccc1C. The van der Waals surface area contributed by atoms with Crippen molar-refractivity contribution in [3.05, 3.63) is 93.3 Å². The summed E-state index contributed by atoms with van der Waals surface area (Å²) >= 11 is 7.88. The number of amidine groups is 1. The number of aryl methyl sites for hydroxylation is 1. The second kappa shape index (κ2) is 21.6. The molecule has 18 heteroatoms. The number of hydrogen-bond acceptors (Lipinski definition) is 16. The molecule has 1 amide bonds. The molecule has 0 spiro atoms. The first kappa shape index (κ1) is 45.5. The smallest absolute Gasteiger partial charge is 0.323 e. The predicted molar refractivity (Wildman–Crippen MR) is 221 cm³/mol. The van der Waals surface area contributed by atoms with Gasteiger partial charge in [-0.25, -0.2) is 0 Å². The van der Waals surface area contributed by atoms with Crippen molar-refractivity contribution in [1.29, 1.82) is 0 Å². The fourth-order valence-electron chi connectivity index (χ4n) is 6.15. The molecule has 2 aliphatic heterocycles. The van der Waals surface area contributed by atoms with Gasteiger partial charge in [-0.1, -0.05) is 54.9 Å². The number of benzene rings is 3. The molecule has 0 bridgehead atoms. The maximum atomic E-state index is 13.6. The third-order valence-corrected chi connectivity index (χ3v) is 10.5. The van der Waals surface area contributed by atoms with E-state index >= 15 is 0 Å². The van der Waals surface area contributed by atoms with Gasteiger partial charge in [-0.3, -0.25) is 24.3 Å². The van der Waals surface area contributed by atoms with Crippen molar-refractivity contribution >= 4 is 58.1 Å². The molecular weight excluding hydrogens is 808 g/mol. The number of carbonyl (C=O) groups excluding carboxylic acids is 3. The number of para-hydroxylation sites is 1. The summed E-state index contributed by atoms with van der Waals surface area (Å²) in [7, 11) is 0. The zero-order valence-electron chi connectivity index (χ0n) is 32.5. The lowest BCUT2D eigenvalue weighted by atomic mass is 9.98. The van der Waals surface area contributed by atoms with Crippen LogP contribution in [0, 0.1) is 6.92 Å². The average molecular weight is 857 g/mol. The van der Waals surface area contributed by atoms with Crippen molar-refractivity contribution in [1.82, 2.24) is 0 Å². The van der Waals surface area contributed by atoms with E-state index in [4.69, 9.17) is 46.8 Å². The molecule has 2 aliphatic rings. The maximum absolute atomic E-state index is 13.6. The first-order valence-corrected chi connectivity index (χ1v) is 20.2. The van der Waals surface area contributed by atoms with E-state index in [9.17, 15) is 34.8 Å². The molecule has 59 heavy (non-hydrogen) atoms. The van der Waals surface area contributed by atoms with Gasteiger partial charge in [-0.2, -0.15) is 0 Å². The molecule has 7 atom stereocenters. The molecule has 2 fully saturated rings. The number of esters is 2. The van der Waals surface area contributed by atoms with Crippen LogP contribution in [-0.2, 0) is 39.8 Å². The van der Waals surface area contributed by atoms with Gasteiger partial charge in [-0.05, 0) is 84.6 Å². The van der Waals surface area contributed by atoms with Crippen LogP contribution in [0.4, 0.5) is 5.69 Å². The minimum atomic E-state index is -1.79. The summed E-state index contributed by atoms with van der Waals surface area (Å²) < 4.78 is 28.6. The van der Waals surface area contributed by atoms with Crippen LogP contribution >= 0.6 is 23.4 Å². The number of rotatable bonds is 18. The van der Waals surface area contributed by atoms with Gasteiger partial charge in [0.15, 0.2) is 23.7 Å². The van der Waals surface area contributed by atoms with Gasteiger partial charge in [0.1, 0.15) is 42.5 Å². The molecule has 2 heterocycles. The normalized spacial score (nSPS) is 23.0. The third kappa shape index (κ3) is 11.8. The van der Waals surface area contributed by atoms with Crippen molar-refractivity contribution in [2.75, 3.05) is 37.8 Å². The van der Waals surface area contributed by atoms with Crippen molar-refractivity contribution < 1.29 is 58.5 Å². The van der Waals surface area contributed by atoms with E-state index in [0.29, 0.717) is 27.7 Å². The number of phenols is 1. The minimum absolute atomic E-state index is 0.0202. The Kier molecular flexibility index (Phi) is 16.7. The quantitative estimate of drug-likeness (QED) is 0.0796. The number of aromatic hydroxyl groups is 1. The number of carbonyl (C=O) groups is 3. The molecule has 5 rings (SSSR count). The monoisotopic (exact) mass is 856 g/mol. The number of aliphatic hydroxyl groups excluding tert-OH is 3. The van der Waals surface area contributed by atoms with E-state index < -0.39 is 68.0 Å². The molecule has 3 aromatic rings. The van der Waals surface area contributed by atoms with Crippen molar-refractivity contribution in [2.24, 2.45) is 16.5 Å². The van der Waals surface area contributed by atoms with Crippen LogP contribution < -0.4 is 21.1 Å². The minimum Gasteiger partial charge on any atom is -0.508 e. The summed E-state index contributed by atoms with van der Waals surface area (Å²) in [6.45, 7) is 2.74. The highest BCUT2D eigenvalue weighted by atomic mass is 35.5. The number of amides is 1.